The van der Waals surface area contributed by atoms with Crippen molar-refractivity contribution in [1.29, 1.82) is 0 Å². The second-order valence-corrected chi connectivity index (χ2v) is 8.45. The first kappa shape index (κ1) is 22.7. The van der Waals surface area contributed by atoms with Crippen LogP contribution >= 0.6 is 0 Å². The van der Waals surface area contributed by atoms with Gasteiger partial charge in [-0.25, -0.2) is 4.79 Å². The molecular formula is C26H30N4O3. The van der Waals surface area contributed by atoms with Gasteiger partial charge in [0.05, 0.1) is 6.54 Å². The van der Waals surface area contributed by atoms with Crippen LogP contribution in [0.15, 0.2) is 66.7 Å². The van der Waals surface area contributed by atoms with E-state index in [9.17, 15) is 14.4 Å². The van der Waals surface area contributed by atoms with Crippen LogP contribution in [0.4, 0.5) is 4.79 Å². The van der Waals surface area contributed by atoms with Gasteiger partial charge < -0.3 is 10.2 Å². The first-order valence-corrected chi connectivity index (χ1v) is 11.5. The van der Waals surface area contributed by atoms with Crippen LogP contribution in [0, 0.1) is 0 Å². The number of benzene rings is 2. The van der Waals surface area contributed by atoms with Crippen LogP contribution in [0.3, 0.4) is 0 Å². The van der Waals surface area contributed by atoms with Gasteiger partial charge in [-0.1, -0.05) is 72.8 Å². The summed E-state index contributed by atoms with van der Waals surface area (Å²) in [5, 5.41) is 2.73. The third kappa shape index (κ3) is 6.08. The summed E-state index contributed by atoms with van der Waals surface area (Å²) in [6.45, 7) is 4.13. The largest absolute Gasteiger partial charge is 0.340 e. The van der Waals surface area contributed by atoms with Crippen LogP contribution < -0.4 is 5.32 Å². The molecule has 0 spiro atoms. The van der Waals surface area contributed by atoms with Crippen LogP contribution in [-0.2, 0) is 16.1 Å². The van der Waals surface area contributed by atoms with E-state index in [1.54, 1.807) is 0 Å². The van der Waals surface area contributed by atoms with Crippen molar-refractivity contribution in [2.75, 3.05) is 32.7 Å². The Kier molecular flexibility index (Phi) is 7.52. The molecule has 4 amide bonds. The van der Waals surface area contributed by atoms with Crippen molar-refractivity contribution < 1.29 is 14.4 Å². The molecule has 2 aromatic carbocycles. The number of hydrogen-bond donors (Lipinski definition) is 1. The van der Waals surface area contributed by atoms with E-state index in [1.165, 1.54) is 10.5 Å². The number of nitrogens with zero attached hydrogens (tertiary/aromatic N) is 3. The number of piperazine rings is 1. The average molecular weight is 447 g/mol. The van der Waals surface area contributed by atoms with Gasteiger partial charge in [0.25, 0.3) is 5.91 Å². The normalized spacial score (nSPS) is 19.3. The van der Waals surface area contributed by atoms with Gasteiger partial charge in [0, 0.05) is 39.1 Å². The molecule has 0 radical (unpaired) electrons. The highest BCUT2D eigenvalue weighted by atomic mass is 16.2. The molecule has 0 aromatic heterocycles. The van der Waals surface area contributed by atoms with Crippen LogP contribution in [-0.4, -0.2) is 71.3 Å². The molecule has 0 aliphatic carbocycles. The maximum Gasteiger partial charge on any atom is 0.325 e. The number of imide groups is 1. The Labute approximate surface area is 194 Å². The molecule has 2 heterocycles. The third-order valence-electron chi connectivity index (χ3n) is 6.14. The van der Waals surface area contributed by atoms with Crippen molar-refractivity contribution in [3.8, 4) is 0 Å². The smallest absolute Gasteiger partial charge is 0.325 e. The molecule has 1 N–H and O–H groups in total. The van der Waals surface area contributed by atoms with E-state index in [1.807, 2.05) is 53.4 Å². The Morgan fingerprint density at radius 1 is 0.939 bits per heavy atom. The van der Waals surface area contributed by atoms with Crippen molar-refractivity contribution in [2.24, 2.45) is 0 Å². The molecule has 4 rings (SSSR count). The lowest BCUT2D eigenvalue weighted by Gasteiger charge is -2.34. The van der Waals surface area contributed by atoms with Crippen molar-refractivity contribution in [2.45, 2.75) is 25.4 Å². The number of rotatable bonds is 8. The summed E-state index contributed by atoms with van der Waals surface area (Å²) in [6, 6.07) is 18.6. The van der Waals surface area contributed by atoms with E-state index in [4.69, 9.17) is 0 Å². The standard InChI is InChI=1S/C26H30N4O3/c31-24(29-18-16-28(17-19-29)15-7-12-21-8-3-1-4-9-21)14-13-23-25(32)30(26(33)27-23)20-22-10-5-2-6-11-22/h1-12,23H,13-20H2,(H,27,33). The quantitative estimate of drug-likeness (QED) is 0.633. The Bertz CT molecular complexity index is 985. The van der Waals surface area contributed by atoms with E-state index in [-0.39, 0.29) is 24.8 Å². The molecule has 7 heteroatoms. The molecule has 1 atom stereocenters. The lowest BCUT2D eigenvalue weighted by molar-refractivity contribution is -0.133. The molecular weight excluding hydrogens is 416 g/mol. The topological polar surface area (TPSA) is 73.0 Å². The highest BCUT2D eigenvalue weighted by Gasteiger charge is 2.38. The van der Waals surface area contributed by atoms with Gasteiger partial charge in [-0.15, -0.1) is 0 Å². The summed E-state index contributed by atoms with van der Waals surface area (Å²) in [5.74, 6) is -0.218. The Balaban J connectivity index is 1.18. The molecule has 1 unspecified atom stereocenters. The minimum absolute atomic E-state index is 0.0398. The molecule has 2 aliphatic heterocycles. The van der Waals surface area contributed by atoms with Crippen molar-refractivity contribution in [1.82, 2.24) is 20.0 Å². The molecule has 2 fully saturated rings. The van der Waals surface area contributed by atoms with Gasteiger partial charge in [-0.3, -0.25) is 19.4 Å². The summed E-state index contributed by atoms with van der Waals surface area (Å²) in [5.41, 5.74) is 2.08. The zero-order valence-corrected chi connectivity index (χ0v) is 18.7. The first-order valence-electron chi connectivity index (χ1n) is 11.5. The summed E-state index contributed by atoms with van der Waals surface area (Å²) < 4.78 is 0. The number of nitrogens with one attached hydrogen (secondary N) is 1. The molecule has 2 saturated heterocycles. The van der Waals surface area contributed by atoms with Crippen molar-refractivity contribution in [3.63, 3.8) is 0 Å². The van der Waals surface area contributed by atoms with Gasteiger partial charge in [0.2, 0.25) is 5.91 Å². The van der Waals surface area contributed by atoms with E-state index in [0.29, 0.717) is 19.5 Å². The fraction of sp³-hybridized carbons (Fsp3) is 0.346. The summed E-state index contributed by atoms with van der Waals surface area (Å²) in [4.78, 5) is 43.0. The fourth-order valence-electron chi connectivity index (χ4n) is 4.20. The molecule has 172 valence electrons. The Hall–Kier alpha value is -3.45. The van der Waals surface area contributed by atoms with Gasteiger partial charge in [0.15, 0.2) is 0 Å². The predicted octanol–water partition coefficient (Wildman–Crippen LogP) is 2.74. The summed E-state index contributed by atoms with van der Waals surface area (Å²) >= 11 is 0. The summed E-state index contributed by atoms with van der Waals surface area (Å²) in [7, 11) is 0. The molecule has 33 heavy (non-hydrogen) atoms. The molecule has 2 aromatic rings. The van der Waals surface area contributed by atoms with Gasteiger partial charge in [-0.2, -0.15) is 0 Å². The third-order valence-corrected chi connectivity index (χ3v) is 6.14. The molecule has 2 aliphatic rings. The zero-order chi connectivity index (χ0) is 23.0. The van der Waals surface area contributed by atoms with Crippen LogP contribution in [0.2, 0.25) is 0 Å². The van der Waals surface area contributed by atoms with Crippen molar-refractivity contribution >= 4 is 23.9 Å². The second kappa shape index (κ2) is 10.9. The summed E-state index contributed by atoms with van der Waals surface area (Å²) in [6.07, 6.45) is 4.85. The number of carbonyl (C=O) groups excluding carboxylic acids is 3. The maximum absolute atomic E-state index is 12.7. The van der Waals surface area contributed by atoms with E-state index >= 15 is 0 Å². The highest BCUT2D eigenvalue weighted by molar-refractivity contribution is 6.04. The molecule has 7 nitrogen and oxygen atoms in total. The van der Waals surface area contributed by atoms with E-state index < -0.39 is 12.1 Å². The predicted molar refractivity (Wildman–Crippen MR) is 127 cm³/mol. The van der Waals surface area contributed by atoms with Crippen molar-refractivity contribution in [3.05, 3.63) is 77.9 Å². The molecule has 0 bridgehead atoms. The van der Waals surface area contributed by atoms with Crippen LogP contribution in [0.5, 0.6) is 0 Å². The highest BCUT2D eigenvalue weighted by Crippen LogP contribution is 2.16. The number of urea groups is 1. The van der Waals surface area contributed by atoms with Crippen LogP contribution in [0.1, 0.15) is 24.0 Å². The number of carbonyl (C=O) groups is 3. The molecule has 0 saturated carbocycles. The van der Waals surface area contributed by atoms with Gasteiger partial charge in [-0.05, 0) is 17.5 Å². The van der Waals surface area contributed by atoms with Gasteiger partial charge >= 0.3 is 6.03 Å². The maximum atomic E-state index is 12.7. The Morgan fingerprint density at radius 2 is 1.61 bits per heavy atom. The van der Waals surface area contributed by atoms with E-state index in [2.05, 4.69) is 34.5 Å². The fourth-order valence-corrected chi connectivity index (χ4v) is 4.20. The van der Waals surface area contributed by atoms with Gasteiger partial charge in [0.1, 0.15) is 6.04 Å². The lowest BCUT2D eigenvalue weighted by atomic mass is 10.1. The SMILES string of the molecule is O=C(CCC1NC(=O)N(Cc2ccccc2)C1=O)N1CCN(CC=Cc2ccccc2)CC1. The minimum atomic E-state index is -0.630. The zero-order valence-electron chi connectivity index (χ0n) is 18.7. The average Bonchev–Trinajstić information content (AvgIpc) is 3.12. The van der Waals surface area contributed by atoms with E-state index in [0.717, 1.165) is 25.2 Å². The number of hydrogen-bond acceptors (Lipinski definition) is 4. The van der Waals surface area contributed by atoms with Crippen LogP contribution in [0.25, 0.3) is 6.08 Å². The Morgan fingerprint density at radius 3 is 2.30 bits per heavy atom. The lowest BCUT2D eigenvalue weighted by Crippen LogP contribution is -2.48. The second-order valence-electron chi connectivity index (χ2n) is 8.45. The minimum Gasteiger partial charge on any atom is -0.340 e. The first-order chi connectivity index (χ1) is 16.1. The number of amides is 4. The monoisotopic (exact) mass is 446 g/mol.